The normalized spacial score (nSPS) is 15.5. The molecule has 3 aromatic rings. The highest BCUT2D eigenvalue weighted by molar-refractivity contribution is 5.94. The predicted molar refractivity (Wildman–Crippen MR) is 140 cm³/mol. The molecule has 0 unspecified atom stereocenters. The fourth-order valence-electron chi connectivity index (χ4n) is 4.82. The van der Waals surface area contributed by atoms with Crippen LogP contribution in [0, 0.1) is 0 Å². The zero-order valence-corrected chi connectivity index (χ0v) is 21.6. The molecule has 0 bridgehead atoms. The third kappa shape index (κ3) is 5.09. The summed E-state index contributed by atoms with van der Waals surface area (Å²) in [5, 5.41) is 2.79. The minimum Gasteiger partial charge on any atom is -0.493 e. The minimum atomic E-state index is -0.599. The molecule has 1 fully saturated rings. The van der Waals surface area contributed by atoms with E-state index in [1.54, 1.807) is 42.3 Å². The second-order valence-electron chi connectivity index (χ2n) is 9.19. The number of nitrogens with zero attached hydrogens (tertiary/aromatic N) is 3. The second kappa shape index (κ2) is 10.9. The third-order valence-electron chi connectivity index (χ3n) is 6.93. The van der Waals surface area contributed by atoms with E-state index in [9.17, 15) is 19.2 Å². The number of likely N-dealkylation sites (tertiary alicyclic amines) is 1. The molecule has 1 aliphatic heterocycles. The highest BCUT2D eigenvalue weighted by Gasteiger charge is 2.25. The molecule has 2 amide bonds. The molecule has 0 saturated carbocycles. The Morgan fingerprint density at radius 2 is 1.68 bits per heavy atom. The van der Waals surface area contributed by atoms with Gasteiger partial charge in [-0.25, -0.2) is 4.79 Å². The van der Waals surface area contributed by atoms with Crippen LogP contribution in [0.15, 0.2) is 46.0 Å². The first-order chi connectivity index (χ1) is 17.8. The summed E-state index contributed by atoms with van der Waals surface area (Å²) in [4.78, 5) is 54.2. The summed E-state index contributed by atoms with van der Waals surface area (Å²) < 4.78 is 13.2. The first-order valence-electron chi connectivity index (χ1n) is 12.3. The number of benzene rings is 2. The molecular weight excluding hydrogens is 476 g/mol. The van der Waals surface area contributed by atoms with Crippen LogP contribution in [0.25, 0.3) is 10.9 Å². The maximum absolute atomic E-state index is 13.7. The van der Waals surface area contributed by atoms with E-state index >= 15 is 0 Å². The van der Waals surface area contributed by atoms with E-state index in [1.807, 2.05) is 6.92 Å². The standard InChI is InChI=1S/C27H32N4O6/c1-17-7-5-6-12-29(17)24(32)16-30-21-14-23(37-4)22(36-3)13-20(21)26(34)31(27(30)35)15-18-8-10-19(11-9-18)25(33)28-2/h8-11,13-14,17H,5-7,12,15-16H2,1-4H3,(H,28,33)/t17-/m1/s1. The Morgan fingerprint density at radius 1 is 1.00 bits per heavy atom. The summed E-state index contributed by atoms with van der Waals surface area (Å²) in [7, 11) is 4.48. The maximum atomic E-state index is 13.7. The van der Waals surface area contributed by atoms with Crippen molar-refractivity contribution >= 4 is 22.7 Å². The Hall–Kier alpha value is -4.08. The maximum Gasteiger partial charge on any atom is 0.332 e. The van der Waals surface area contributed by atoms with Gasteiger partial charge in [-0.1, -0.05) is 12.1 Å². The highest BCUT2D eigenvalue weighted by Crippen LogP contribution is 2.30. The highest BCUT2D eigenvalue weighted by atomic mass is 16.5. The summed E-state index contributed by atoms with van der Waals surface area (Å²) in [6, 6.07) is 9.84. The summed E-state index contributed by atoms with van der Waals surface area (Å²) in [6.45, 7) is 2.42. The lowest BCUT2D eigenvalue weighted by Gasteiger charge is -2.33. The number of piperidine rings is 1. The number of rotatable bonds is 7. The number of hydrogen-bond donors (Lipinski definition) is 1. The van der Waals surface area contributed by atoms with Gasteiger partial charge >= 0.3 is 5.69 Å². The number of ether oxygens (including phenoxy) is 2. The van der Waals surface area contributed by atoms with Gasteiger partial charge in [0.1, 0.15) is 6.54 Å². The average Bonchev–Trinajstić information content (AvgIpc) is 2.92. The van der Waals surface area contributed by atoms with E-state index in [1.165, 1.54) is 24.9 Å². The first kappa shape index (κ1) is 26.0. The van der Waals surface area contributed by atoms with Gasteiger partial charge in [0.25, 0.3) is 11.5 Å². The molecule has 1 N–H and O–H groups in total. The molecule has 0 aliphatic carbocycles. The number of amides is 2. The SMILES string of the molecule is CNC(=O)c1ccc(Cn2c(=O)c3cc(OC)c(OC)cc3n(CC(=O)N3CCCC[C@H]3C)c2=O)cc1. The van der Waals surface area contributed by atoms with E-state index < -0.39 is 11.2 Å². The van der Waals surface area contributed by atoms with E-state index in [0.717, 1.165) is 23.8 Å². The molecule has 1 aliphatic rings. The zero-order chi connectivity index (χ0) is 26.7. The fourth-order valence-corrected chi connectivity index (χ4v) is 4.82. The van der Waals surface area contributed by atoms with Crippen LogP contribution < -0.4 is 26.0 Å². The van der Waals surface area contributed by atoms with Gasteiger partial charge in [-0.15, -0.1) is 0 Å². The summed E-state index contributed by atoms with van der Waals surface area (Å²) in [6.07, 6.45) is 2.90. The predicted octanol–water partition coefficient (Wildman–Crippen LogP) is 1.99. The van der Waals surface area contributed by atoms with E-state index in [2.05, 4.69) is 5.32 Å². The van der Waals surface area contributed by atoms with Gasteiger partial charge in [0, 0.05) is 31.3 Å². The van der Waals surface area contributed by atoms with Gasteiger partial charge in [0.15, 0.2) is 11.5 Å². The van der Waals surface area contributed by atoms with Crippen LogP contribution in [0.4, 0.5) is 0 Å². The van der Waals surface area contributed by atoms with Gasteiger partial charge in [-0.2, -0.15) is 0 Å². The Balaban J connectivity index is 1.84. The Kier molecular flexibility index (Phi) is 7.66. The lowest BCUT2D eigenvalue weighted by molar-refractivity contribution is -0.135. The number of fused-ring (bicyclic) bond motifs is 1. The molecule has 196 valence electrons. The second-order valence-corrected chi connectivity index (χ2v) is 9.19. The van der Waals surface area contributed by atoms with Crippen molar-refractivity contribution < 1.29 is 19.1 Å². The largest absolute Gasteiger partial charge is 0.493 e. The molecule has 37 heavy (non-hydrogen) atoms. The van der Waals surface area contributed by atoms with Gasteiger partial charge in [0.2, 0.25) is 5.91 Å². The Bertz CT molecular complexity index is 1440. The van der Waals surface area contributed by atoms with Crippen LogP contribution in [0.5, 0.6) is 11.5 Å². The van der Waals surface area contributed by atoms with Crippen LogP contribution in [-0.4, -0.2) is 59.7 Å². The molecule has 4 rings (SSSR count). The monoisotopic (exact) mass is 508 g/mol. The van der Waals surface area contributed by atoms with Crippen LogP contribution in [-0.2, 0) is 17.9 Å². The van der Waals surface area contributed by atoms with Gasteiger partial charge in [-0.3, -0.25) is 23.5 Å². The molecule has 1 saturated heterocycles. The van der Waals surface area contributed by atoms with Crippen molar-refractivity contribution in [2.45, 2.75) is 45.3 Å². The molecular formula is C27H32N4O6. The Morgan fingerprint density at radius 3 is 2.30 bits per heavy atom. The molecule has 10 nitrogen and oxygen atoms in total. The number of aromatic nitrogens is 2. The molecule has 2 aromatic carbocycles. The van der Waals surface area contributed by atoms with Crippen LogP contribution in [0.1, 0.15) is 42.1 Å². The third-order valence-corrected chi connectivity index (χ3v) is 6.93. The van der Waals surface area contributed by atoms with Crippen molar-refractivity contribution in [3.63, 3.8) is 0 Å². The average molecular weight is 509 g/mol. The van der Waals surface area contributed by atoms with Crippen molar-refractivity contribution in [1.82, 2.24) is 19.4 Å². The molecule has 10 heteroatoms. The zero-order valence-electron chi connectivity index (χ0n) is 21.6. The topological polar surface area (TPSA) is 112 Å². The number of carbonyl (C=O) groups is 2. The number of nitrogens with one attached hydrogen (secondary N) is 1. The lowest BCUT2D eigenvalue weighted by Crippen LogP contribution is -2.47. The van der Waals surface area contributed by atoms with Crippen molar-refractivity contribution in [3.8, 4) is 11.5 Å². The van der Waals surface area contributed by atoms with Gasteiger partial charge in [-0.05, 0) is 49.9 Å². The molecule has 0 radical (unpaired) electrons. The molecule has 1 atom stereocenters. The van der Waals surface area contributed by atoms with Gasteiger partial charge < -0.3 is 19.7 Å². The van der Waals surface area contributed by atoms with Crippen molar-refractivity contribution in [2.75, 3.05) is 27.8 Å². The lowest BCUT2D eigenvalue weighted by atomic mass is 10.0. The van der Waals surface area contributed by atoms with Crippen molar-refractivity contribution in [2.24, 2.45) is 0 Å². The van der Waals surface area contributed by atoms with Gasteiger partial charge in [0.05, 0.1) is 31.7 Å². The van der Waals surface area contributed by atoms with E-state index in [0.29, 0.717) is 34.7 Å². The number of carbonyl (C=O) groups excluding carboxylic acids is 2. The molecule has 1 aromatic heterocycles. The Labute approximate surface area is 214 Å². The molecule has 2 heterocycles. The fraction of sp³-hybridized carbons (Fsp3) is 0.407. The quantitative estimate of drug-likeness (QED) is 0.523. The molecule has 0 spiro atoms. The van der Waals surface area contributed by atoms with Crippen molar-refractivity contribution in [3.05, 3.63) is 68.4 Å². The minimum absolute atomic E-state index is 0.0235. The van der Waals surface area contributed by atoms with E-state index in [-0.39, 0.29) is 36.3 Å². The van der Waals surface area contributed by atoms with Crippen LogP contribution in [0.3, 0.4) is 0 Å². The number of hydrogen-bond acceptors (Lipinski definition) is 6. The summed E-state index contributed by atoms with van der Waals surface area (Å²) in [5.74, 6) is 0.285. The first-order valence-corrected chi connectivity index (χ1v) is 12.3. The number of methoxy groups -OCH3 is 2. The van der Waals surface area contributed by atoms with Crippen LogP contribution in [0.2, 0.25) is 0 Å². The smallest absolute Gasteiger partial charge is 0.332 e. The van der Waals surface area contributed by atoms with Crippen molar-refractivity contribution in [1.29, 1.82) is 0 Å². The van der Waals surface area contributed by atoms with Crippen LogP contribution >= 0.6 is 0 Å². The van der Waals surface area contributed by atoms with E-state index in [4.69, 9.17) is 9.47 Å². The summed E-state index contributed by atoms with van der Waals surface area (Å²) in [5.41, 5.74) is 0.322. The summed E-state index contributed by atoms with van der Waals surface area (Å²) >= 11 is 0.